The highest BCUT2D eigenvalue weighted by molar-refractivity contribution is 5.81. The fraction of sp³-hybridized carbons (Fsp3) is 0.750. The summed E-state index contributed by atoms with van der Waals surface area (Å²) in [4.78, 5) is 28.5. The van der Waals surface area contributed by atoms with E-state index in [1.165, 1.54) is 36.4 Å². The van der Waals surface area contributed by atoms with Crippen molar-refractivity contribution in [3.63, 3.8) is 0 Å². The zero-order valence-corrected chi connectivity index (χ0v) is 13.8. The van der Waals surface area contributed by atoms with E-state index in [0.29, 0.717) is 18.9 Å². The first kappa shape index (κ1) is 16.9. The van der Waals surface area contributed by atoms with E-state index in [9.17, 15) is 14.9 Å². The number of carbonyl (C=O) groups is 1. The molecular weight excluding hydrogens is 310 g/mol. The third kappa shape index (κ3) is 3.58. The lowest BCUT2D eigenvalue weighted by atomic mass is 9.75. The quantitative estimate of drug-likeness (QED) is 0.649. The van der Waals surface area contributed by atoms with Crippen molar-refractivity contribution >= 4 is 11.9 Å². The molecule has 1 aliphatic carbocycles. The van der Waals surface area contributed by atoms with Gasteiger partial charge in [0.15, 0.2) is 0 Å². The summed E-state index contributed by atoms with van der Waals surface area (Å²) in [5, 5.41) is 10.9. The van der Waals surface area contributed by atoms with Crippen LogP contribution in [0.1, 0.15) is 38.5 Å². The number of carbonyl (C=O) groups excluding carboxylic acids is 1. The van der Waals surface area contributed by atoms with Crippen molar-refractivity contribution in [2.24, 2.45) is 17.6 Å². The fourth-order valence-electron chi connectivity index (χ4n) is 4.09. The van der Waals surface area contributed by atoms with Crippen molar-refractivity contribution in [3.05, 3.63) is 22.5 Å². The molecule has 1 unspecified atom stereocenters. The molecule has 3 atom stereocenters. The summed E-state index contributed by atoms with van der Waals surface area (Å²) >= 11 is 0. The Bertz CT molecular complexity index is 602. The topological polar surface area (TPSA) is 107 Å². The largest absolute Gasteiger partial charge is 0.434 e. The average molecular weight is 335 g/mol. The lowest BCUT2D eigenvalue weighted by Crippen LogP contribution is -2.50. The summed E-state index contributed by atoms with van der Waals surface area (Å²) in [6.07, 6.45) is 9.48. The van der Waals surface area contributed by atoms with Crippen LogP contribution in [0.15, 0.2) is 12.4 Å². The molecule has 2 fully saturated rings. The van der Waals surface area contributed by atoms with Crippen LogP contribution in [0.3, 0.4) is 0 Å². The average Bonchev–Trinajstić information content (AvgIpc) is 3.07. The fourth-order valence-corrected chi connectivity index (χ4v) is 4.09. The third-order valence-corrected chi connectivity index (χ3v) is 5.46. The molecule has 0 aromatic carbocycles. The van der Waals surface area contributed by atoms with Crippen molar-refractivity contribution in [1.82, 2.24) is 14.5 Å². The number of hydrogen-bond acceptors (Lipinski definition) is 5. The molecule has 132 valence electrons. The maximum Gasteiger partial charge on any atom is 0.434 e. The number of piperidine rings is 1. The molecule has 8 nitrogen and oxygen atoms in total. The van der Waals surface area contributed by atoms with Gasteiger partial charge in [0, 0.05) is 19.5 Å². The van der Waals surface area contributed by atoms with Gasteiger partial charge in [0.2, 0.25) is 5.91 Å². The molecule has 8 heteroatoms. The van der Waals surface area contributed by atoms with Gasteiger partial charge >= 0.3 is 5.95 Å². The van der Waals surface area contributed by atoms with Gasteiger partial charge in [-0.25, -0.2) is 4.57 Å². The van der Waals surface area contributed by atoms with Gasteiger partial charge in [-0.3, -0.25) is 4.79 Å². The lowest BCUT2D eigenvalue weighted by molar-refractivity contribution is -0.396. The van der Waals surface area contributed by atoms with Gasteiger partial charge in [-0.2, -0.15) is 0 Å². The second kappa shape index (κ2) is 7.29. The number of nitrogens with zero attached hydrogens (tertiary/aromatic N) is 4. The molecule has 1 amide bonds. The number of imidazole rings is 1. The Morgan fingerprint density at radius 2 is 2.12 bits per heavy atom. The van der Waals surface area contributed by atoms with Gasteiger partial charge in [0.05, 0.1) is 12.6 Å². The Kier molecular flexibility index (Phi) is 5.13. The van der Waals surface area contributed by atoms with Gasteiger partial charge in [-0.15, -0.1) is 0 Å². The smallest absolute Gasteiger partial charge is 0.390 e. The van der Waals surface area contributed by atoms with Crippen LogP contribution in [0.5, 0.6) is 0 Å². The number of nitrogens with two attached hydrogens (primary N) is 1. The molecule has 2 heterocycles. The van der Waals surface area contributed by atoms with Crippen LogP contribution in [0, 0.1) is 22.0 Å². The number of fused-ring (bicyclic) bond motifs is 1. The van der Waals surface area contributed by atoms with E-state index in [0.717, 1.165) is 25.4 Å². The van der Waals surface area contributed by atoms with E-state index >= 15 is 0 Å². The second-order valence-electron chi connectivity index (χ2n) is 6.95. The summed E-state index contributed by atoms with van der Waals surface area (Å²) in [5.74, 6) is 1.16. The zero-order valence-electron chi connectivity index (χ0n) is 13.8. The number of rotatable bonds is 5. The Morgan fingerprint density at radius 1 is 1.38 bits per heavy atom. The monoisotopic (exact) mass is 335 g/mol. The zero-order chi connectivity index (χ0) is 17.1. The van der Waals surface area contributed by atoms with E-state index in [2.05, 4.69) is 4.98 Å². The van der Waals surface area contributed by atoms with Crippen LogP contribution in [-0.2, 0) is 11.3 Å². The molecule has 24 heavy (non-hydrogen) atoms. The Balaban J connectivity index is 1.53. The maximum atomic E-state index is 12.6. The normalized spacial score (nSPS) is 25.1. The van der Waals surface area contributed by atoms with Crippen molar-refractivity contribution < 1.29 is 9.72 Å². The van der Waals surface area contributed by atoms with Gasteiger partial charge < -0.3 is 20.7 Å². The van der Waals surface area contributed by atoms with Crippen LogP contribution in [0.4, 0.5) is 5.95 Å². The summed E-state index contributed by atoms with van der Waals surface area (Å²) < 4.78 is 1.43. The van der Waals surface area contributed by atoms with Gasteiger partial charge in [0.1, 0.15) is 12.4 Å². The molecule has 0 radical (unpaired) electrons. The molecule has 0 spiro atoms. The van der Waals surface area contributed by atoms with Crippen molar-refractivity contribution in [2.75, 3.05) is 13.1 Å². The molecular formula is C16H25N5O3. The van der Waals surface area contributed by atoms with Crippen molar-refractivity contribution in [3.8, 4) is 0 Å². The summed E-state index contributed by atoms with van der Waals surface area (Å²) in [5.41, 5.74) is 6.06. The van der Waals surface area contributed by atoms with Crippen LogP contribution < -0.4 is 5.73 Å². The summed E-state index contributed by atoms with van der Waals surface area (Å²) in [6.45, 7) is 1.93. The molecule has 1 saturated carbocycles. The van der Waals surface area contributed by atoms with Gasteiger partial charge in [0.25, 0.3) is 0 Å². The highest BCUT2D eigenvalue weighted by Crippen LogP contribution is 2.36. The molecule has 3 rings (SSSR count). The maximum absolute atomic E-state index is 12.6. The summed E-state index contributed by atoms with van der Waals surface area (Å²) in [7, 11) is 0. The van der Waals surface area contributed by atoms with Crippen LogP contribution in [0.2, 0.25) is 0 Å². The number of nitro groups is 1. The molecule has 1 aromatic heterocycles. The van der Waals surface area contributed by atoms with E-state index in [4.69, 9.17) is 5.73 Å². The minimum absolute atomic E-state index is 0.0261. The number of likely N-dealkylation sites (tertiary alicyclic amines) is 1. The Morgan fingerprint density at radius 3 is 2.88 bits per heavy atom. The third-order valence-electron chi connectivity index (χ3n) is 5.46. The van der Waals surface area contributed by atoms with E-state index in [-0.39, 0.29) is 11.9 Å². The van der Waals surface area contributed by atoms with Gasteiger partial charge in [-0.1, -0.05) is 24.2 Å². The molecule has 1 saturated heterocycles. The standard InChI is InChI=1S/C16H25N5O3/c17-14(6-9-19-10-7-18-16(19)21(23)24)15(22)20-8-5-12-3-1-2-4-13(12)11-20/h7,10,12-14H,1-6,8-9,11,17H2/t12-,13+,14?/m1/s1. The first-order chi connectivity index (χ1) is 11.6. The van der Waals surface area contributed by atoms with Gasteiger partial charge in [-0.05, 0) is 29.6 Å². The minimum atomic E-state index is -0.618. The Labute approximate surface area is 141 Å². The predicted molar refractivity (Wildman–Crippen MR) is 88.1 cm³/mol. The predicted octanol–water partition coefficient (Wildman–Crippen LogP) is 1.55. The number of aromatic nitrogens is 2. The Hall–Kier alpha value is -1.96. The highest BCUT2D eigenvalue weighted by atomic mass is 16.6. The second-order valence-corrected chi connectivity index (χ2v) is 6.95. The van der Waals surface area contributed by atoms with Crippen molar-refractivity contribution in [2.45, 2.75) is 51.1 Å². The first-order valence-electron chi connectivity index (χ1n) is 8.76. The highest BCUT2D eigenvalue weighted by Gasteiger charge is 2.34. The van der Waals surface area contributed by atoms with Crippen molar-refractivity contribution in [1.29, 1.82) is 0 Å². The van der Waals surface area contributed by atoms with E-state index < -0.39 is 11.0 Å². The van der Waals surface area contributed by atoms with E-state index in [1.54, 1.807) is 6.20 Å². The number of hydrogen-bond donors (Lipinski definition) is 1. The molecule has 1 aliphatic heterocycles. The lowest BCUT2D eigenvalue weighted by Gasteiger charge is -2.42. The number of amides is 1. The number of aryl methyl sites for hydroxylation is 1. The molecule has 1 aromatic rings. The molecule has 0 bridgehead atoms. The summed E-state index contributed by atoms with van der Waals surface area (Å²) in [6, 6.07) is -0.618. The first-order valence-corrected chi connectivity index (χ1v) is 8.76. The molecule has 2 aliphatic rings. The van der Waals surface area contributed by atoms with Crippen LogP contribution in [-0.4, -0.2) is 44.4 Å². The van der Waals surface area contributed by atoms with E-state index in [1.807, 2.05) is 4.90 Å². The molecule has 2 N–H and O–H groups in total. The van der Waals surface area contributed by atoms with Crippen LogP contribution in [0.25, 0.3) is 0 Å². The minimum Gasteiger partial charge on any atom is -0.390 e. The SMILES string of the molecule is NC(CCn1ccnc1[N+](=O)[O-])C(=O)N1CC[C@H]2CCCC[C@H]2C1. The van der Waals surface area contributed by atoms with Crippen LogP contribution >= 0.6 is 0 Å².